The van der Waals surface area contributed by atoms with Gasteiger partial charge in [-0.3, -0.25) is 0 Å². The molecular formula is C10H24NO3+. The fourth-order valence-corrected chi connectivity index (χ4v) is 0.812. The molecule has 0 aliphatic heterocycles. The molecule has 0 aromatic rings. The first kappa shape index (κ1) is 13.8. The van der Waals surface area contributed by atoms with Crippen LogP contribution in [0.5, 0.6) is 0 Å². The van der Waals surface area contributed by atoms with Crippen LogP contribution < -0.4 is 0 Å². The van der Waals surface area contributed by atoms with E-state index in [-0.39, 0.29) is 6.10 Å². The zero-order valence-corrected chi connectivity index (χ0v) is 9.82. The van der Waals surface area contributed by atoms with Crippen LogP contribution in [-0.2, 0) is 9.47 Å². The van der Waals surface area contributed by atoms with Gasteiger partial charge in [0.2, 0.25) is 0 Å². The minimum absolute atomic E-state index is 0.388. The molecule has 0 bridgehead atoms. The molecule has 0 spiro atoms. The summed E-state index contributed by atoms with van der Waals surface area (Å²) in [4.78, 5) is 0. The van der Waals surface area contributed by atoms with Crippen LogP contribution in [0, 0.1) is 0 Å². The van der Waals surface area contributed by atoms with Gasteiger partial charge in [0.1, 0.15) is 6.54 Å². The van der Waals surface area contributed by atoms with Crippen molar-refractivity contribution in [1.29, 1.82) is 0 Å². The lowest BCUT2D eigenvalue weighted by molar-refractivity contribution is -0.870. The number of likely N-dealkylation sites (N-methyl/N-ethyl adjacent to an activating group) is 1. The summed E-state index contributed by atoms with van der Waals surface area (Å²) in [5.74, 6) is 0. The van der Waals surface area contributed by atoms with E-state index in [2.05, 4.69) is 21.1 Å². The predicted molar refractivity (Wildman–Crippen MR) is 56.2 cm³/mol. The maximum Gasteiger partial charge on any atom is 0.102 e. The quantitative estimate of drug-likeness (QED) is 0.452. The SMILES string of the molecule is CC(O)COCCOCC[N+](C)(C)C. The number of rotatable bonds is 8. The second-order valence-corrected chi connectivity index (χ2v) is 4.55. The Balaban J connectivity index is 3.07. The van der Waals surface area contributed by atoms with Crippen molar-refractivity contribution in [3.8, 4) is 0 Å². The molecule has 1 atom stereocenters. The molecule has 0 radical (unpaired) electrons. The van der Waals surface area contributed by atoms with E-state index in [9.17, 15) is 0 Å². The number of quaternary nitrogens is 1. The Morgan fingerprint density at radius 3 is 2.14 bits per heavy atom. The lowest BCUT2D eigenvalue weighted by Crippen LogP contribution is -2.37. The molecule has 1 N–H and O–H groups in total. The summed E-state index contributed by atoms with van der Waals surface area (Å²) in [5.41, 5.74) is 0. The molecular weight excluding hydrogens is 182 g/mol. The smallest absolute Gasteiger partial charge is 0.102 e. The van der Waals surface area contributed by atoms with Crippen LogP contribution in [0.1, 0.15) is 6.92 Å². The fraction of sp³-hybridized carbons (Fsp3) is 1.00. The average Bonchev–Trinajstić information content (AvgIpc) is 2.00. The highest BCUT2D eigenvalue weighted by Crippen LogP contribution is 1.89. The lowest BCUT2D eigenvalue weighted by Gasteiger charge is -2.23. The van der Waals surface area contributed by atoms with E-state index >= 15 is 0 Å². The van der Waals surface area contributed by atoms with Crippen LogP contribution in [0.15, 0.2) is 0 Å². The highest BCUT2D eigenvalue weighted by atomic mass is 16.5. The lowest BCUT2D eigenvalue weighted by atomic mass is 10.4. The zero-order chi connectivity index (χ0) is 11.0. The van der Waals surface area contributed by atoms with Gasteiger partial charge in [-0.2, -0.15) is 0 Å². The van der Waals surface area contributed by atoms with E-state index < -0.39 is 0 Å². The van der Waals surface area contributed by atoms with Crippen LogP contribution in [0.2, 0.25) is 0 Å². The summed E-state index contributed by atoms with van der Waals surface area (Å²) < 4.78 is 11.4. The molecule has 0 aliphatic rings. The molecule has 4 nitrogen and oxygen atoms in total. The predicted octanol–water partition coefficient (Wildman–Crippen LogP) is 0.107. The Morgan fingerprint density at radius 2 is 1.64 bits per heavy atom. The first-order valence-electron chi connectivity index (χ1n) is 5.06. The van der Waals surface area contributed by atoms with Gasteiger partial charge in [0, 0.05) is 0 Å². The first-order valence-corrected chi connectivity index (χ1v) is 5.06. The zero-order valence-electron chi connectivity index (χ0n) is 9.82. The van der Waals surface area contributed by atoms with Gasteiger partial charge >= 0.3 is 0 Å². The Kier molecular flexibility index (Phi) is 7.09. The van der Waals surface area contributed by atoms with Crippen LogP contribution in [0.3, 0.4) is 0 Å². The minimum atomic E-state index is -0.388. The van der Waals surface area contributed by atoms with Crippen LogP contribution in [0.4, 0.5) is 0 Å². The van der Waals surface area contributed by atoms with E-state index in [0.717, 1.165) is 17.6 Å². The summed E-state index contributed by atoms with van der Waals surface area (Å²) in [5, 5.41) is 8.89. The second-order valence-electron chi connectivity index (χ2n) is 4.55. The molecule has 0 aliphatic carbocycles. The third kappa shape index (κ3) is 11.8. The summed E-state index contributed by atoms with van der Waals surface area (Å²) in [7, 11) is 6.40. The van der Waals surface area contributed by atoms with Gasteiger partial charge in [-0.15, -0.1) is 0 Å². The highest BCUT2D eigenvalue weighted by Gasteiger charge is 2.05. The Bertz CT molecular complexity index is 132. The molecule has 0 rings (SSSR count). The third-order valence-corrected chi connectivity index (χ3v) is 1.64. The first-order chi connectivity index (χ1) is 6.42. The van der Waals surface area contributed by atoms with Crippen molar-refractivity contribution in [3.63, 3.8) is 0 Å². The molecule has 0 saturated carbocycles. The van der Waals surface area contributed by atoms with Gasteiger partial charge in [0.25, 0.3) is 0 Å². The standard InChI is InChI=1S/C10H24NO3/c1-10(12)9-14-8-7-13-6-5-11(2,3)4/h10,12H,5-9H2,1-4H3/q+1. The van der Waals surface area contributed by atoms with Crippen molar-refractivity contribution in [3.05, 3.63) is 0 Å². The molecule has 0 aromatic carbocycles. The maximum atomic E-state index is 8.89. The van der Waals surface area contributed by atoms with Gasteiger partial charge in [0.15, 0.2) is 0 Å². The van der Waals surface area contributed by atoms with Gasteiger partial charge in [-0.05, 0) is 6.92 Å². The monoisotopic (exact) mass is 206 g/mol. The van der Waals surface area contributed by atoms with Gasteiger partial charge in [-0.25, -0.2) is 0 Å². The minimum Gasteiger partial charge on any atom is -0.391 e. The van der Waals surface area contributed by atoms with Gasteiger partial charge in [-0.1, -0.05) is 0 Å². The van der Waals surface area contributed by atoms with Crippen LogP contribution in [0.25, 0.3) is 0 Å². The van der Waals surface area contributed by atoms with E-state index in [1.54, 1.807) is 6.92 Å². The number of ether oxygens (including phenoxy) is 2. The average molecular weight is 206 g/mol. The van der Waals surface area contributed by atoms with Crippen molar-refractivity contribution >= 4 is 0 Å². The highest BCUT2D eigenvalue weighted by molar-refractivity contribution is 4.41. The summed E-state index contributed by atoms with van der Waals surface area (Å²) >= 11 is 0. The largest absolute Gasteiger partial charge is 0.391 e. The Labute approximate surface area is 87.0 Å². The van der Waals surface area contributed by atoms with E-state index in [0.29, 0.717) is 19.8 Å². The molecule has 4 heteroatoms. The molecule has 0 aromatic heterocycles. The molecule has 86 valence electrons. The summed E-state index contributed by atoms with van der Waals surface area (Å²) in [6.07, 6.45) is -0.388. The fourth-order valence-electron chi connectivity index (χ4n) is 0.812. The van der Waals surface area contributed by atoms with E-state index in [1.807, 2.05) is 0 Å². The van der Waals surface area contributed by atoms with Crippen LogP contribution >= 0.6 is 0 Å². The van der Waals surface area contributed by atoms with Crippen LogP contribution in [-0.4, -0.2) is 69.8 Å². The maximum absolute atomic E-state index is 8.89. The van der Waals surface area contributed by atoms with Crippen molar-refractivity contribution in [2.75, 3.05) is 54.1 Å². The summed E-state index contributed by atoms with van der Waals surface area (Å²) in [6.45, 7) is 5.00. The molecule has 0 heterocycles. The normalized spacial score (nSPS) is 14.4. The molecule has 0 fully saturated rings. The number of nitrogens with zero attached hydrogens (tertiary/aromatic N) is 1. The van der Waals surface area contributed by atoms with Crippen molar-refractivity contribution < 1.29 is 19.1 Å². The molecule has 0 saturated heterocycles. The number of aliphatic hydroxyl groups excluding tert-OH is 1. The second kappa shape index (κ2) is 7.17. The van der Waals surface area contributed by atoms with Crippen molar-refractivity contribution in [1.82, 2.24) is 0 Å². The number of hydrogen-bond acceptors (Lipinski definition) is 3. The van der Waals surface area contributed by atoms with Crippen molar-refractivity contribution in [2.24, 2.45) is 0 Å². The van der Waals surface area contributed by atoms with E-state index in [1.165, 1.54) is 0 Å². The third-order valence-electron chi connectivity index (χ3n) is 1.64. The number of hydrogen-bond donors (Lipinski definition) is 1. The van der Waals surface area contributed by atoms with Gasteiger partial charge in [0.05, 0.1) is 53.7 Å². The van der Waals surface area contributed by atoms with E-state index in [4.69, 9.17) is 14.6 Å². The number of aliphatic hydroxyl groups is 1. The Morgan fingerprint density at radius 1 is 1.07 bits per heavy atom. The molecule has 0 amide bonds. The van der Waals surface area contributed by atoms with Crippen molar-refractivity contribution in [2.45, 2.75) is 13.0 Å². The van der Waals surface area contributed by atoms with Gasteiger partial charge < -0.3 is 19.1 Å². The topological polar surface area (TPSA) is 38.7 Å². The molecule has 14 heavy (non-hydrogen) atoms. The summed E-state index contributed by atoms with van der Waals surface area (Å²) in [6, 6.07) is 0. The molecule has 1 unspecified atom stereocenters. The Hall–Kier alpha value is -0.160.